The highest BCUT2D eigenvalue weighted by Crippen LogP contribution is 2.43. The van der Waals surface area contributed by atoms with Crippen LogP contribution in [-0.2, 0) is 9.59 Å². The van der Waals surface area contributed by atoms with Gasteiger partial charge in [-0.1, -0.05) is 24.3 Å². The van der Waals surface area contributed by atoms with E-state index in [-0.39, 0.29) is 11.3 Å². The number of methoxy groups -OCH3 is 1. The van der Waals surface area contributed by atoms with Gasteiger partial charge in [0.1, 0.15) is 11.5 Å². The molecule has 0 aliphatic carbocycles. The van der Waals surface area contributed by atoms with Crippen molar-refractivity contribution in [2.24, 2.45) is 0 Å². The quantitative estimate of drug-likeness (QED) is 0.311. The van der Waals surface area contributed by atoms with E-state index in [1.54, 1.807) is 13.2 Å². The third kappa shape index (κ3) is 4.28. The fourth-order valence-electron chi connectivity index (χ4n) is 4.56. The number of Topliss-reactive ketones (excluding diaryl/α,β-unsaturated/α-hetero) is 1. The summed E-state index contributed by atoms with van der Waals surface area (Å²) in [6.45, 7) is 5.65. The second-order valence-corrected chi connectivity index (χ2v) is 9.13. The van der Waals surface area contributed by atoms with Crippen molar-refractivity contribution in [2.75, 3.05) is 31.0 Å². The predicted octanol–water partition coefficient (Wildman–Crippen LogP) is 5.31. The van der Waals surface area contributed by atoms with Crippen LogP contribution >= 0.6 is 0 Å². The Morgan fingerprint density at radius 2 is 1.63 bits per heavy atom. The number of nitrogens with zero attached hydrogens (tertiary/aromatic N) is 2. The van der Waals surface area contributed by atoms with Crippen LogP contribution in [0, 0.1) is 20.8 Å². The summed E-state index contributed by atoms with van der Waals surface area (Å²) in [5.41, 5.74) is 5.43. The zero-order chi connectivity index (χ0) is 25.4. The summed E-state index contributed by atoms with van der Waals surface area (Å²) in [7, 11) is 5.48. The zero-order valence-corrected chi connectivity index (χ0v) is 20.9. The Balaban J connectivity index is 1.96. The molecule has 0 aromatic heterocycles. The topological polar surface area (TPSA) is 70.1 Å². The van der Waals surface area contributed by atoms with Crippen LogP contribution < -0.4 is 14.5 Å². The van der Waals surface area contributed by atoms with Crippen LogP contribution in [0.1, 0.15) is 33.9 Å². The van der Waals surface area contributed by atoms with E-state index in [2.05, 4.69) is 0 Å². The van der Waals surface area contributed by atoms with Gasteiger partial charge in [-0.15, -0.1) is 0 Å². The van der Waals surface area contributed by atoms with Crippen molar-refractivity contribution in [1.82, 2.24) is 0 Å². The number of ether oxygens (including phenoxy) is 1. The Morgan fingerprint density at radius 3 is 2.23 bits per heavy atom. The number of carbonyl (C=O) groups excluding carboxylic acids is 2. The van der Waals surface area contributed by atoms with Gasteiger partial charge in [0.25, 0.3) is 11.7 Å². The first-order valence-corrected chi connectivity index (χ1v) is 11.4. The molecule has 3 aromatic rings. The number of hydrogen-bond acceptors (Lipinski definition) is 5. The van der Waals surface area contributed by atoms with Crippen molar-refractivity contribution in [1.29, 1.82) is 0 Å². The number of aryl methyl sites for hydroxylation is 3. The minimum Gasteiger partial charge on any atom is -0.507 e. The summed E-state index contributed by atoms with van der Waals surface area (Å²) in [4.78, 5) is 30.3. The Labute approximate surface area is 206 Å². The Kier molecular flexibility index (Phi) is 6.39. The van der Waals surface area contributed by atoms with Gasteiger partial charge in [0.05, 0.1) is 18.7 Å². The fraction of sp³-hybridized carbons (Fsp3) is 0.241. The molecule has 1 aliphatic heterocycles. The maximum atomic E-state index is 13.4. The average molecular weight is 471 g/mol. The monoisotopic (exact) mass is 470 g/mol. The third-order valence-electron chi connectivity index (χ3n) is 6.45. The van der Waals surface area contributed by atoms with E-state index in [4.69, 9.17) is 4.74 Å². The first-order chi connectivity index (χ1) is 16.6. The molecular formula is C29H30N2O4. The van der Waals surface area contributed by atoms with E-state index in [1.165, 1.54) is 4.90 Å². The van der Waals surface area contributed by atoms with E-state index in [9.17, 15) is 14.7 Å². The minimum absolute atomic E-state index is 0.0711. The molecule has 1 aliphatic rings. The molecule has 0 bridgehead atoms. The summed E-state index contributed by atoms with van der Waals surface area (Å²) in [6, 6.07) is 18.0. The van der Waals surface area contributed by atoms with Gasteiger partial charge in [-0.05, 0) is 79.4 Å². The van der Waals surface area contributed by atoms with Gasteiger partial charge in [0.15, 0.2) is 0 Å². The van der Waals surface area contributed by atoms with Crippen LogP contribution in [0.4, 0.5) is 11.4 Å². The van der Waals surface area contributed by atoms with Crippen LogP contribution in [-0.4, -0.2) is 38.0 Å². The molecular weight excluding hydrogens is 440 g/mol. The number of anilines is 2. The minimum atomic E-state index is -0.769. The average Bonchev–Trinajstić information content (AvgIpc) is 3.10. The molecule has 1 amide bonds. The normalized spacial score (nSPS) is 17.1. The van der Waals surface area contributed by atoms with E-state index >= 15 is 0 Å². The summed E-state index contributed by atoms with van der Waals surface area (Å²) >= 11 is 0. The van der Waals surface area contributed by atoms with Crippen molar-refractivity contribution in [3.05, 3.63) is 94.1 Å². The van der Waals surface area contributed by atoms with E-state index < -0.39 is 17.7 Å². The number of carbonyl (C=O) groups is 2. The zero-order valence-electron chi connectivity index (χ0n) is 20.9. The van der Waals surface area contributed by atoms with Gasteiger partial charge in [-0.3, -0.25) is 14.5 Å². The number of aliphatic hydroxyl groups excluding tert-OH is 1. The lowest BCUT2D eigenvalue weighted by atomic mass is 9.92. The molecule has 1 heterocycles. The lowest BCUT2D eigenvalue weighted by Gasteiger charge is -2.26. The van der Waals surface area contributed by atoms with Crippen LogP contribution in [0.2, 0.25) is 0 Å². The molecule has 1 fully saturated rings. The van der Waals surface area contributed by atoms with Crippen molar-refractivity contribution in [2.45, 2.75) is 26.8 Å². The van der Waals surface area contributed by atoms with Crippen molar-refractivity contribution in [3.63, 3.8) is 0 Å². The van der Waals surface area contributed by atoms with E-state index in [0.717, 1.165) is 27.9 Å². The molecule has 1 atom stereocenters. The molecule has 180 valence electrons. The molecule has 0 radical (unpaired) electrons. The SMILES string of the molecule is COc1cc(C)c(/C(O)=C2\C(=O)C(=O)N(c3cccc(C)c3)C2c2ccc(N(C)C)cc2)cc1C. The first-order valence-electron chi connectivity index (χ1n) is 11.4. The number of benzene rings is 3. The van der Waals surface area contributed by atoms with Gasteiger partial charge in [-0.2, -0.15) is 0 Å². The van der Waals surface area contributed by atoms with Crippen LogP contribution in [0.3, 0.4) is 0 Å². The number of ketones is 1. The third-order valence-corrected chi connectivity index (χ3v) is 6.45. The maximum Gasteiger partial charge on any atom is 0.300 e. The highest BCUT2D eigenvalue weighted by molar-refractivity contribution is 6.51. The molecule has 35 heavy (non-hydrogen) atoms. The summed E-state index contributed by atoms with van der Waals surface area (Å²) in [6.07, 6.45) is 0. The molecule has 0 spiro atoms. The Bertz CT molecular complexity index is 1340. The number of hydrogen-bond donors (Lipinski definition) is 1. The Hall–Kier alpha value is -4.06. The lowest BCUT2D eigenvalue weighted by molar-refractivity contribution is -0.132. The van der Waals surface area contributed by atoms with Crippen molar-refractivity contribution in [3.8, 4) is 5.75 Å². The van der Waals surface area contributed by atoms with Gasteiger partial charge in [0, 0.05) is 31.0 Å². The van der Waals surface area contributed by atoms with Crippen LogP contribution in [0.5, 0.6) is 5.75 Å². The molecule has 0 saturated carbocycles. The number of aliphatic hydroxyl groups is 1. The van der Waals surface area contributed by atoms with Gasteiger partial charge in [0.2, 0.25) is 0 Å². The number of amides is 1. The largest absolute Gasteiger partial charge is 0.507 e. The van der Waals surface area contributed by atoms with E-state index in [1.807, 2.05) is 94.4 Å². The van der Waals surface area contributed by atoms with E-state index in [0.29, 0.717) is 17.0 Å². The highest BCUT2D eigenvalue weighted by atomic mass is 16.5. The molecule has 1 N–H and O–H groups in total. The Morgan fingerprint density at radius 1 is 0.943 bits per heavy atom. The lowest BCUT2D eigenvalue weighted by Crippen LogP contribution is -2.29. The van der Waals surface area contributed by atoms with Gasteiger partial charge in [-0.25, -0.2) is 0 Å². The molecule has 6 nitrogen and oxygen atoms in total. The van der Waals surface area contributed by atoms with Crippen molar-refractivity contribution < 1.29 is 19.4 Å². The molecule has 6 heteroatoms. The standard InChI is InChI=1S/C29H30N2O4/c1-17-8-7-9-22(14-17)31-26(20-10-12-21(13-11-20)30(4)5)25(28(33)29(31)34)27(32)23-15-19(3)24(35-6)16-18(23)2/h7-16,26,32H,1-6H3/b27-25+. The first kappa shape index (κ1) is 24.1. The molecule has 1 unspecified atom stereocenters. The molecule has 4 rings (SSSR count). The van der Waals surface area contributed by atoms with Gasteiger partial charge >= 0.3 is 0 Å². The summed E-state index contributed by atoms with van der Waals surface area (Å²) in [5, 5.41) is 11.5. The van der Waals surface area contributed by atoms with Crippen LogP contribution in [0.25, 0.3) is 5.76 Å². The van der Waals surface area contributed by atoms with Crippen molar-refractivity contribution >= 4 is 28.8 Å². The molecule has 3 aromatic carbocycles. The number of rotatable bonds is 5. The second kappa shape index (κ2) is 9.29. The van der Waals surface area contributed by atoms with Gasteiger partial charge < -0.3 is 14.7 Å². The predicted molar refractivity (Wildman–Crippen MR) is 139 cm³/mol. The maximum absolute atomic E-state index is 13.4. The second-order valence-electron chi connectivity index (χ2n) is 9.13. The summed E-state index contributed by atoms with van der Waals surface area (Å²) < 4.78 is 5.40. The smallest absolute Gasteiger partial charge is 0.300 e. The van der Waals surface area contributed by atoms with Crippen LogP contribution in [0.15, 0.2) is 66.2 Å². The fourth-order valence-corrected chi connectivity index (χ4v) is 4.56. The summed E-state index contributed by atoms with van der Waals surface area (Å²) in [5.74, 6) is -0.876. The molecule has 1 saturated heterocycles. The highest BCUT2D eigenvalue weighted by Gasteiger charge is 2.47.